The molecule has 2 atom stereocenters. The van der Waals surface area contributed by atoms with Crippen LogP contribution in [0, 0.1) is 5.41 Å². The molecule has 2 aromatic carbocycles. The van der Waals surface area contributed by atoms with Crippen molar-refractivity contribution in [2.45, 2.75) is 52.5 Å². The van der Waals surface area contributed by atoms with Crippen LogP contribution in [0.3, 0.4) is 0 Å². The Morgan fingerprint density at radius 2 is 1.57 bits per heavy atom. The first-order valence-electron chi connectivity index (χ1n) is 9.47. The quantitative estimate of drug-likeness (QED) is 0.729. The lowest BCUT2D eigenvalue weighted by atomic mass is 9.88. The van der Waals surface area contributed by atoms with Crippen LogP contribution < -0.4 is 0 Å². The summed E-state index contributed by atoms with van der Waals surface area (Å²) in [4.78, 5) is 27.5. The van der Waals surface area contributed by atoms with Gasteiger partial charge in [-0.2, -0.15) is 0 Å². The van der Waals surface area contributed by atoms with E-state index in [0.29, 0.717) is 6.42 Å². The fourth-order valence-electron chi connectivity index (χ4n) is 3.44. The van der Waals surface area contributed by atoms with Crippen molar-refractivity contribution in [3.63, 3.8) is 0 Å². The molecule has 0 radical (unpaired) electrons. The van der Waals surface area contributed by atoms with Gasteiger partial charge in [0.15, 0.2) is 6.23 Å². The summed E-state index contributed by atoms with van der Waals surface area (Å²) in [5.74, 6) is -0.409. The van der Waals surface area contributed by atoms with Crippen LogP contribution in [-0.2, 0) is 27.3 Å². The number of nitrogens with zero attached hydrogens (tertiary/aromatic N) is 1. The van der Waals surface area contributed by atoms with Crippen LogP contribution in [-0.4, -0.2) is 28.7 Å². The fourth-order valence-corrected chi connectivity index (χ4v) is 3.44. The summed E-state index contributed by atoms with van der Waals surface area (Å²) in [5.41, 5.74) is 0.264. The van der Waals surface area contributed by atoms with Crippen molar-refractivity contribution in [1.29, 1.82) is 0 Å². The van der Waals surface area contributed by atoms with Crippen molar-refractivity contribution >= 4 is 12.1 Å². The maximum absolute atomic E-state index is 13.1. The standard InChI is InChI=1S/C23H27NO4/c1-22(2,3)19-24(21(26)27-16-18-13-9-6-10-14-18)23(4,20(25)28-19)15-17-11-7-5-8-12-17/h5-14,19H,15-16H2,1-4H3/t19-,23-/m0/s1. The average Bonchev–Trinajstić information content (AvgIpc) is 2.92. The van der Waals surface area contributed by atoms with Crippen LogP contribution in [0.2, 0.25) is 0 Å². The number of hydrogen-bond acceptors (Lipinski definition) is 4. The largest absolute Gasteiger partial charge is 0.444 e. The molecule has 0 aromatic heterocycles. The minimum atomic E-state index is -1.13. The Labute approximate surface area is 166 Å². The Hall–Kier alpha value is -2.82. The number of esters is 1. The van der Waals surface area contributed by atoms with Gasteiger partial charge in [0.25, 0.3) is 0 Å². The molecular weight excluding hydrogens is 354 g/mol. The zero-order valence-corrected chi connectivity index (χ0v) is 16.8. The van der Waals surface area contributed by atoms with E-state index >= 15 is 0 Å². The number of hydrogen-bond donors (Lipinski definition) is 0. The molecular formula is C23H27NO4. The second-order valence-electron chi connectivity index (χ2n) is 8.47. The molecule has 0 unspecified atom stereocenters. The van der Waals surface area contributed by atoms with Crippen LogP contribution in [0.25, 0.3) is 0 Å². The van der Waals surface area contributed by atoms with Gasteiger partial charge in [0.1, 0.15) is 12.1 Å². The number of benzene rings is 2. The molecule has 0 aliphatic carbocycles. The van der Waals surface area contributed by atoms with Crippen molar-refractivity contribution in [3.05, 3.63) is 71.8 Å². The van der Waals surface area contributed by atoms with Gasteiger partial charge in [-0.3, -0.25) is 4.90 Å². The molecule has 2 aromatic rings. The predicted molar refractivity (Wildman–Crippen MR) is 106 cm³/mol. The van der Waals surface area contributed by atoms with E-state index in [-0.39, 0.29) is 6.61 Å². The van der Waals surface area contributed by atoms with Gasteiger partial charge in [-0.25, -0.2) is 9.59 Å². The van der Waals surface area contributed by atoms with Crippen LogP contribution in [0.1, 0.15) is 38.8 Å². The average molecular weight is 381 g/mol. The van der Waals surface area contributed by atoms with Gasteiger partial charge >= 0.3 is 12.1 Å². The molecule has 0 spiro atoms. The first-order chi connectivity index (χ1) is 13.2. The van der Waals surface area contributed by atoms with E-state index in [2.05, 4.69) is 0 Å². The summed E-state index contributed by atoms with van der Waals surface area (Å²) >= 11 is 0. The third-order valence-corrected chi connectivity index (χ3v) is 4.96. The molecule has 0 saturated carbocycles. The third kappa shape index (κ3) is 4.03. The number of amides is 1. The Morgan fingerprint density at radius 3 is 2.11 bits per heavy atom. The molecule has 1 heterocycles. The molecule has 3 rings (SSSR count). The highest BCUT2D eigenvalue weighted by Crippen LogP contribution is 2.40. The van der Waals surface area contributed by atoms with Crippen molar-refractivity contribution < 1.29 is 19.1 Å². The molecule has 1 fully saturated rings. The first kappa shape index (κ1) is 19.9. The highest BCUT2D eigenvalue weighted by molar-refractivity contribution is 5.88. The number of cyclic esters (lactones) is 1. The third-order valence-electron chi connectivity index (χ3n) is 4.96. The van der Waals surface area contributed by atoms with E-state index in [1.54, 1.807) is 6.92 Å². The van der Waals surface area contributed by atoms with E-state index in [0.717, 1.165) is 11.1 Å². The van der Waals surface area contributed by atoms with Gasteiger partial charge in [0, 0.05) is 11.8 Å². The Morgan fingerprint density at radius 1 is 1.04 bits per heavy atom. The number of carbonyl (C=O) groups is 2. The van der Waals surface area contributed by atoms with E-state index in [9.17, 15) is 9.59 Å². The van der Waals surface area contributed by atoms with Gasteiger partial charge < -0.3 is 9.47 Å². The van der Waals surface area contributed by atoms with Crippen LogP contribution in [0.5, 0.6) is 0 Å². The van der Waals surface area contributed by atoms with Crippen LogP contribution >= 0.6 is 0 Å². The molecule has 0 N–H and O–H groups in total. The molecule has 0 bridgehead atoms. The maximum Gasteiger partial charge on any atom is 0.414 e. The van der Waals surface area contributed by atoms with Gasteiger partial charge in [0.05, 0.1) is 0 Å². The summed E-state index contributed by atoms with van der Waals surface area (Å²) in [7, 11) is 0. The summed E-state index contributed by atoms with van der Waals surface area (Å²) < 4.78 is 11.3. The minimum Gasteiger partial charge on any atom is -0.444 e. The van der Waals surface area contributed by atoms with Gasteiger partial charge in [-0.15, -0.1) is 0 Å². The number of ether oxygens (including phenoxy) is 2. The fraction of sp³-hybridized carbons (Fsp3) is 0.391. The van der Waals surface area contributed by atoms with Crippen molar-refractivity contribution in [2.75, 3.05) is 0 Å². The highest BCUT2D eigenvalue weighted by atomic mass is 16.6. The predicted octanol–water partition coefficient (Wildman–Crippen LogP) is 4.56. The maximum atomic E-state index is 13.1. The number of carbonyl (C=O) groups excluding carboxylic acids is 2. The minimum absolute atomic E-state index is 0.142. The second kappa shape index (κ2) is 7.66. The number of rotatable bonds is 4. The summed E-state index contributed by atoms with van der Waals surface area (Å²) in [6, 6.07) is 19.1. The molecule has 148 valence electrons. The zero-order valence-electron chi connectivity index (χ0n) is 16.8. The second-order valence-corrected chi connectivity index (χ2v) is 8.47. The Kier molecular flexibility index (Phi) is 5.45. The van der Waals surface area contributed by atoms with Crippen LogP contribution in [0.15, 0.2) is 60.7 Å². The molecule has 1 saturated heterocycles. The normalized spacial score (nSPS) is 22.1. The summed E-state index contributed by atoms with van der Waals surface area (Å²) in [6.45, 7) is 7.71. The van der Waals surface area contributed by atoms with Gasteiger partial charge in [-0.05, 0) is 18.1 Å². The van der Waals surface area contributed by atoms with Crippen LogP contribution in [0.4, 0.5) is 4.79 Å². The monoisotopic (exact) mass is 381 g/mol. The summed E-state index contributed by atoms with van der Waals surface area (Å²) in [5, 5.41) is 0. The Bertz CT molecular complexity index is 829. The van der Waals surface area contributed by atoms with Gasteiger partial charge in [0.2, 0.25) is 0 Å². The zero-order chi connectivity index (χ0) is 20.4. The lowest BCUT2D eigenvalue weighted by Gasteiger charge is -2.37. The Balaban J connectivity index is 1.88. The molecule has 1 aliphatic heterocycles. The SMILES string of the molecule is CC(C)(C)[C@@H]1OC(=O)[C@](C)(Cc2ccccc2)N1C(=O)OCc1ccccc1. The summed E-state index contributed by atoms with van der Waals surface area (Å²) in [6.07, 6.45) is -0.885. The van der Waals surface area contributed by atoms with Crippen molar-refractivity contribution in [2.24, 2.45) is 5.41 Å². The smallest absolute Gasteiger partial charge is 0.414 e. The molecule has 5 nitrogen and oxygen atoms in total. The lowest BCUT2D eigenvalue weighted by molar-refractivity contribution is -0.148. The molecule has 5 heteroatoms. The molecule has 1 amide bonds. The van der Waals surface area contributed by atoms with Gasteiger partial charge in [-0.1, -0.05) is 81.4 Å². The van der Waals surface area contributed by atoms with E-state index in [1.165, 1.54) is 4.90 Å². The topological polar surface area (TPSA) is 55.8 Å². The van der Waals surface area contributed by atoms with E-state index < -0.39 is 29.2 Å². The molecule has 28 heavy (non-hydrogen) atoms. The van der Waals surface area contributed by atoms with E-state index in [4.69, 9.17) is 9.47 Å². The highest BCUT2D eigenvalue weighted by Gasteiger charge is 2.58. The van der Waals surface area contributed by atoms with Crippen molar-refractivity contribution in [3.8, 4) is 0 Å². The molecule has 1 aliphatic rings. The van der Waals surface area contributed by atoms with Crippen molar-refractivity contribution in [1.82, 2.24) is 4.90 Å². The lowest BCUT2D eigenvalue weighted by Crippen LogP contribution is -2.55. The first-order valence-corrected chi connectivity index (χ1v) is 9.47. The van der Waals surface area contributed by atoms with E-state index in [1.807, 2.05) is 81.4 Å².